The number of benzene rings is 5. The largest absolute Gasteiger partial charge is 0.255 e. The van der Waals surface area contributed by atoms with Crippen LogP contribution < -0.4 is 0 Å². The van der Waals surface area contributed by atoms with E-state index in [0.717, 1.165) is 5.69 Å². The minimum atomic E-state index is 1.08. The zero-order valence-electron chi connectivity index (χ0n) is 17.7. The summed E-state index contributed by atoms with van der Waals surface area (Å²) in [6.07, 6.45) is 1.96. The second kappa shape index (κ2) is 6.28. The average molecular weight is 436 g/mol. The molecule has 0 N–H and O–H groups in total. The fourth-order valence-electron chi connectivity index (χ4n) is 5.59. The molecule has 1 nitrogen and oxygen atoms in total. The number of hydrogen-bond donors (Lipinski definition) is 0. The van der Waals surface area contributed by atoms with Gasteiger partial charge in [-0.25, -0.2) is 0 Å². The fraction of sp³-hybridized carbons (Fsp3) is 0. The molecule has 0 fully saturated rings. The van der Waals surface area contributed by atoms with Crippen LogP contribution in [0.4, 0.5) is 0 Å². The van der Waals surface area contributed by atoms with Crippen LogP contribution in [0.3, 0.4) is 0 Å². The number of aromatic nitrogens is 1. The molecule has 0 saturated carbocycles. The van der Waals surface area contributed by atoms with E-state index < -0.39 is 0 Å². The van der Waals surface area contributed by atoms with Crippen molar-refractivity contribution in [3.63, 3.8) is 0 Å². The van der Waals surface area contributed by atoms with E-state index in [9.17, 15) is 0 Å². The summed E-state index contributed by atoms with van der Waals surface area (Å²) in [5.74, 6) is 0. The second-order valence-electron chi connectivity index (χ2n) is 8.77. The van der Waals surface area contributed by atoms with Gasteiger partial charge in [-0.1, -0.05) is 72.8 Å². The van der Waals surface area contributed by atoms with Gasteiger partial charge in [0.15, 0.2) is 0 Å². The first-order chi connectivity index (χ1) is 16.4. The zero-order valence-corrected chi connectivity index (χ0v) is 18.5. The van der Waals surface area contributed by atoms with Crippen LogP contribution in [0, 0.1) is 0 Å². The monoisotopic (exact) mass is 435 g/mol. The highest BCUT2D eigenvalue weighted by molar-refractivity contribution is 7.26. The van der Waals surface area contributed by atoms with Gasteiger partial charge in [0, 0.05) is 27.2 Å². The number of rotatable bonds is 1. The van der Waals surface area contributed by atoms with Crippen molar-refractivity contribution in [3.8, 4) is 33.5 Å². The lowest BCUT2D eigenvalue weighted by molar-refractivity contribution is 1.37. The molecule has 2 aromatic heterocycles. The predicted octanol–water partition coefficient (Wildman–Crippen LogP) is 9.07. The Hall–Kier alpha value is -4.01. The molecule has 0 amide bonds. The molecular weight excluding hydrogens is 418 g/mol. The lowest BCUT2D eigenvalue weighted by Gasteiger charge is -2.10. The molecule has 0 radical (unpaired) electrons. The molecule has 0 aliphatic heterocycles. The van der Waals surface area contributed by atoms with Crippen molar-refractivity contribution in [1.82, 2.24) is 4.98 Å². The van der Waals surface area contributed by atoms with Gasteiger partial charge in [-0.3, -0.25) is 4.98 Å². The van der Waals surface area contributed by atoms with Gasteiger partial charge in [0.05, 0.1) is 10.4 Å². The Balaban J connectivity index is 1.46. The molecule has 8 rings (SSSR count). The Morgan fingerprint density at radius 3 is 2.06 bits per heavy atom. The van der Waals surface area contributed by atoms with Gasteiger partial charge in [0.25, 0.3) is 0 Å². The van der Waals surface area contributed by atoms with Crippen LogP contribution in [0.2, 0.25) is 0 Å². The molecule has 1 aliphatic carbocycles. The third kappa shape index (κ3) is 2.28. The van der Waals surface area contributed by atoms with Crippen molar-refractivity contribution >= 4 is 53.1 Å². The van der Waals surface area contributed by atoms with Gasteiger partial charge in [-0.15, -0.1) is 11.3 Å². The Kier molecular flexibility index (Phi) is 3.34. The smallest absolute Gasteiger partial charge is 0.0886 e. The number of fused-ring (bicyclic) bond motifs is 7. The van der Waals surface area contributed by atoms with Crippen molar-refractivity contribution in [1.29, 1.82) is 0 Å². The Morgan fingerprint density at radius 1 is 0.515 bits per heavy atom. The van der Waals surface area contributed by atoms with Crippen molar-refractivity contribution in [2.45, 2.75) is 0 Å². The highest BCUT2D eigenvalue weighted by Crippen LogP contribution is 2.51. The Labute approximate surface area is 194 Å². The van der Waals surface area contributed by atoms with Gasteiger partial charge in [0.2, 0.25) is 0 Å². The SMILES string of the molecule is c1ccc2cc3c(cc2c1)-c1cccc2c(-c4nccc5c4sc4ccccc45)ccc-3c12. The molecule has 0 spiro atoms. The third-order valence-electron chi connectivity index (χ3n) is 7.06. The molecule has 2 heterocycles. The quantitative estimate of drug-likeness (QED) is 0.250. The van der Waals surface area contributed by atoms with E-state index in [2.05, 4.69) is 97.1 Å². The summed E-state index contributed by atoms with van der Waals surface area (Å²) in [5, 5.41) is 7.81. The molecule has 5 aromatic carbocycles. The van der Waals surface area contributed by atoms with E-state index in [0.29, 0.717) is 0 Å². The van der Waals surface area contributed by atoms with Crippen LogP contribution in [0.25, 0.3) is 75.2 Å². The number of nitrogens with zero attached hydrogens (tertiary/aromatic N) is 1. The first kappa shape index (κ1) is 17.5. The van der Waals surface area contributed by atoms with Gasteiger partial charge in [-0.05, 0) is 68.1 Å². The normalized spacial score (nSPS) is 12.2. The first-order valence-electron chi connectivity index (χ1n) is 11.2. The van der Waals surface area contributed by atoms with Gasteiger partial charge in [-0.2, -0.15) is 0 Å². The standard InChI is InChI=1S/C31H17NS/c1-2-7-19-17-27-23-12-13-24(21-9-5-10-22(29(21)23)26(27)16-18(19)6-1)30-31-25(14-15-32-30)20-8-3-4-11-28(20)33-31/h1-17H. The van der Waals surface area contributed by atoms with Crippen molar-refractivity contribution in [2.24, 2.45) is 0 Å². The summed E-state index contributed by atoms with van der Waals surface area (Å²) in [6.45, 7) is 0. The minimum absolute atomic E-state index is 1.08. The topological polar surface area (TPSA) is 12.9 Å². The van der Waals surface area contributed by atoms with E-state index in [4.69, 9.17) is 4.98 Å². The maximum atomic E-state index is 4.91. The van der Waals surface area contributed by atoms with E-state index >= 15 is 0 Å². The summed E-state index contributed by atoms with van der Waals surface area (Å²) < 4.78 is 2.58. The molecule has 0 saturated heterocycles. The van der Waals surface area contributed by atoms with E-state index in [-0.39, 0.29) is 0 Å². The molecule has 152 valence electrons. The van der Waals surface area contributed by atoms with Crippen LogP contribution in [0.5, 0.6) is 0 Å². The van der Waals surface area contributed by atoms with Gasteiger partial charge < -0.3 is 0 Å². The zero-order chi connectivity index (χ0) is 21.5. The molecule has 0 unspecified atom stereocenters. The molecular formula is C31H17NS. The van der Waals surface area contributed by atoms with Crippen LogP contribution >= 0.6 is 11.3 Å². The van der Waals surface area contributed by atoms with Gasteiger partial charge in [0.1, 0.15) is 0 Å². The lowest BCUT2D eigenvalue weighted by Crippen LogP contribution is -1.87. The molecule has 0 bridgehead atoms. The summed E-state index contributed by atoms with van der Waals surface area (Å²) >= 11 is 1.84. The molecule has 2 heteroatoms. The average Bonchev–Trinajstić information content (AvgIpc) is 3.40. The van der Waals surface area contributed by atoms with Crippen molar-refractivity contribution in [3.05, 3.63) is 103 Å². The maximum absolute atomic E-state index is 4.91. The lowest BCUT2D eigenvalue weighted by atomic mass is 9.96. The highest BCUT2D eigenvalue weighted by Gasteiger charge is 2.24. The minimum Gasteiger partial charge on any atom is -0.255 e. The highest BCUT2D eigenvalue weighted by atomic mass is 32.1. The summed E-state index contributed by atoms with van der Waals surface area (Å²) in [7, 11) is 0. The van der Waals surface area contributed by atoms with Crippen LogP contribution in [0.1, 0.15) is 0 Å². The van der Waals surface area contributed by atoms with Crippen LogP contribution in [0.15, 0.2) is 103 Å². The molecule has 7 aromatic rings. The van der Waals surface area contributed by atoms with Crippen LogP contribution in [-0.2, 0) is 0 Å². The molecule has 0 atom stereocenters. The molecule has 1 aliphatic rings. The molecule has 33 heavy (non-hydrogen) atoms. The van der Waals surface area contributed by atoms with Gasteiger partial charge >= 0.3 is 0 Å². The fourth-order valence-corrected chi connectivity index (χ4v) is 6.79. The number of thiophene rings is 1. The number of hydrogen-bond acceptors (Lipinski definition) is 2. The van der Waals surface area contributed by atoms with Crippen molar-refractivity contribution < 1.29 is 0 Å². The summed E-state index contributed by atoms with van der Waals surface area (Å²) in [5.41, 5.74) is 7.62. The summed E-state index contributed by atoms with van der Waals surface area (Å²) in [6, 6.07) is 35.5. The Morgan fingerprint density at radius 2 is 1.21 bits per heavy atom. The summed E-state index contributed by atoms with van der Waals surface area (Å²) in [4.78, 5) is 4.91. The van der Waals surface area contributed by atoms with Crippen molar-refractivity contribution in [2.75, 3.05) is 0 Å². The maximum Gasteiger partial charge on any atom is 0.0886 e. The van der Waals surface area contributed by atoms with Crippen LogP contribution in [-0.4, -0.2) is 4.98 Å². The predicted molar refractivity (Wildman–Crippen MR) is 142 cm³/mol. The number of pyridine rings is 1. The van der Waals surface area contributed by atoms with E-state index in [1.165, 1.54) is 69.5 Å². The van der Waals surface area contributed by atoms with E-state index in [1.807, 2.05) is 17.5 Å². The first-order valence-corrected chi connectivity index (χ1v) is 12.0. The second-order valence-corrected chi connectivity index (χ2v) is 9.82. The van der Waals surface area contributed by atoms with E-state index in [1.54, 1.807) is 0 Å². The Bertz CT molecular complexity index is 1880. The third-order valence-corrected chi connectivity index (χ3v) is 8.25.